The molecule has 0 aromatic heterocycles. The topological polar surface area (TPSA) is 94.1 Å². The van der Waals surface area contributed by atoms with Crippen LogP contribution in [-0.2, 0) is 27.9 Å². The Morgan fingerprint density at radius 2 is 1.08 bits per heavy atom. The zero-order valence-electron chi connectivity index (χ0n) is 32.2. The third kappa shape index (κ3) is 36.4. The molecule has 0 spiro atoms. The maximum absolute atomic E-state index is 12.6. The molecule has 0 aliphatic rings. The van der Waals surface area contributed by atoms with Gasteiger partial charge in [0.25, 0.3) is 7.82 Å². The normalized spacial score (nSPS) is 14.0. The van der Waals surface area contributed by atoms with Crippen molar-refractivity contribution >= 4 is 13.8 Å². The number of likely N-dealkylation sites (N-methyl/N-ethyl adjacent to an activating group) is 1. The van der Waals surface area contributed by atoms with Crippen LogP contribution in [0.5, 0.6) is 0 Å². The molecule has 0 aromatic rings. The number of ether oxygens (including phenoxy) is 2. The van der Waals surface area contributed by atoms with Crippen molar-refractivity contribution in [3.05, 3.63) is 12.3 Å². The Bertz CT molecular complexity index is 787. The fourth-order valence-corrected chi connectivity index (χ4v) is 6.24. The summed E-state index contributed by atoms with van der Waals surface area (Å²) in [5.41, 5.74) is 0. The molecule has 0 saturated heterocycles. The molecule has 0 amide bonds. The fraction of sp³-hybridized carbons (Fsp3) is 0.923. The third-order valence-corrected chi connectivity index (χ3v) is 9.63. The first-order valence-electron chi connectivity index (χ1n) is 20.0. The van der Waals surface area contributed by atoms with Crippen molar-refractivity contribution in [1.82, 2.24) is 0 Å². The van der Waals surface area contributed by atoms with Crippen LogP contribution in [0.2, 0.25) is 0 Å². The van der Waals surface area contributed by atoms with Crippen molar-refractivity contribution in [3.63, 3.8) is 0 Å². The van der Waals surface area contributed by atoms with Crippen LogP contribution in [0.1, 0.15) is 181 Å². The van der Waals surface area contributed by atoms with Crippen molar-refractivity contribution in [2.24, 2.45) is 0 Å². The van der Waals surface area contributed by atoms with E-state index in [0.717, 1.165) is 32.1 Å². The number of unbranched alkanes of at least 4 members (excludes halogenated alkanes) is 23. The number of carbonyl (C=O) groups excluding carboxylic acids is 1. The molecule has 0 radical (unpaired) electrons. The van der Waals surface area contributed by atoms with Gasteiger partial charge in [0.1, 0.15) is 19.8 Å². The van der Waals surface area contributed by atoms with Crippen molar-refractivity contribution < 1.29 is 37.3 Å². The van der Waals surface area contributed by atoms with Crippen LogP contribution in [0, 0.1) is 0 Å². The molecule has 1 unspecified atom stereocenters. The molecule has 0 fully saturated rings. The average Bonchev–Trinajstić information content (AvgIpc) is 3.03. The van der Waals surface area contributed by atoms with Gasteiger partial charge in [0, 0.05) is 6.42 Å². The van der Waals surface area contributed by atoms with Gasteiger partial charge in [0.2, 0.25) is 0 Å². The Hall–Kier alpha value is -0.920. The highest BCUT2D eigenvalue weighted by atomic mass is 31.2. The third-order valence-electron chi connectivity index (χ3n) is 8.66. The molecule has 0 aliphatic heterocycles. The molecule has 286 valence electrons. The Morgan fingerprint density at radius 1 is 0.646 bits per heavy atom. The van der Waals surface area contributed by atoms with Gasteiger partial charge in [-0.2, -0.15) is 0 Å². The van der Waals surface area contributed by atoms with Gasteiger partial charge in [-0.25, -0.2) is 0 Å². The number of esters is 1. The molecule has 0 aliphatic carbocycles. The highest BCUT2D eigenvalue weighted by molar-refractivity contribution is 7.45. The van der Waals surface area contributed by atoms with Crippen LogP contribution in [-0.4, -0.2) is 64.1 Å². The summed E-state index contributed by atoms with van der Waals surface area (Å²) in [5, 5.41) is 0. The summed E-state index contributed by atoms with van der Waals surface area (Å²) in [6.45, 7) is 4.73. The number of rotatable bonds is 37. The van der Waals surface area contributed by atoms with Crippen LogP contribution in [0.3, 0.4) is 0 Å². The molecule has 48 heavy (non-hydrogen) atoms. The standard InChI is InChI=1S/C39H78NO7P/c1-6-8-10-12-14-16-18-19-20-21-22-23-25-27-29-31-34-44-36-38(37-46-48(42,43)45-35-33-40(3,4)5)47-39(41)32-30-28-26-24-17-15-13-11-9-7-2/h31,34,38H,6-30,32-33,35-37H2,1-5H3/b34-31+/t38-/m0/s1. The summed E-state index contributed by atoms with van der Waals surface area (Å²) in [7, 11) is 1.33. The van der Waals surface area contributed by atoms with Crippen molar-refractivity contribution in [2.45, 2.75) is 187 Å². The van der Waals surface area contributed by atoms with E-state index in [-0.39, 0.29) is 25.8 Å². The minimum atomic E-state index is -4.53. The Kier molecular flexibility index (Phi) is 32.6. The summed E-state index contributed by atoms with van der Waals surface area (Å²) in [5.74, 6) is -0.357. The molecular weight excluding hydrogens is 625 g/mol. The number of hydrogen-bond donors (Lipinski definition) is 0. The van der Waals surface area contributed by atoms with Crippen LogP contribution < -0.4 is 4.89 Å². The van der Waals surface area contributed by atoms with Gasteiger partial charge in [0.05, 0.1) is 34.0 Å². The second-order valence-corrected chi connectivity index (χ2v) is 16.1. The zero-order valence-corrected chi connectivity index (χ0v) is 33.1. The molecule has 0 bridgehead atoms. The van der Waals surface area contributed by atoms with Gasteiger partial charge in [-0.1, -0.05) is 155 Å². The molecular formula is C39H78NO7P. The lowest BCUT2D eigenvalue weighted by Gasteiger charge is -2.28. The maximum atomic E-state index is 12.6. The first kappa shape index (κ1) is 47.1. The summed E-state index contributed by atoms with van der Waals surface area (Å²) in [4.78, 5) is 24.9. The Labute approximate surface area is 297 Å². The summed E-state index contributed by atoms with van der Waals surface area (Å²) >= 11 is 0. The van der Waals surface area contributed by atoms with Gasteiger partial charge in [-0.3, -0.25) is 9.36 Å². The molecule has 0 rings (SSSR count). The largest absolute Gasteiger partial charge is 0.756 e. The lowest BCUT2D eigenvalue weighted by molar-refractivity contribution is -0.870. The Balaban J connectivity index is 4.28. The van der Waals surface area contributed by atoms with E-state index in [9.17, 15) is 14.3 Å². The van der Waals surface area contributed by atoms with E-state index in [1.807, 2.05) is 27.2 Å². The molecule has 9 heteroatoms. The summed E-state index contributed by atoms with van der Waals surface area (Å²) in [6, 6.07) is 0. The van der Waals surface area contributed by atoms with E-state index < -0.39 is 13.9 Å². The first-order chi connectivity index (χ1) is 23.1. The Morgan fingerprint density at radius 3 is 1.54 bits per heavy atom. The highest BCUT2D eigenvalue weighted by Crippen LogP contribution is 2.38. The van der Waals surface area contributed by atoms with E-state index in [0.29, 0.717) is 17.4 Å². The monoisotopic (exact) mass is 704 g/mol. The van der Waals surface area contributed by atoms with Crippen LogP contribution in [0.25, 0.3) is 0 Å². The van der Waals surface area contributed by atoms with E-state index in [1.54, 1.807) is 6.26 Å². The minimum Gasteiger partial charge on any atom is -0.756 e. The summed E-state index contributed by atoms with van der Waals surface area (Å²) < 4.78 is 34.2. The molecule has 0 heterocycles. The lowest BCUT2D eigenvalue weighted by Crippen LogP contribution is -2.37. The lowest BCUT2D eigenvalue weighted by atomic mass is 10.0. The maximum Gasteiger partial charge on any atom is 0.306 e. The number of allylic oxidation sites excluding steroid dienone is 1. The van der Waals surface area contributed by atoms with Crippen molar-refractivity contribution in [2.75, 3.05) is 47.5 Å². The number of quaternary nitrogens is 1. The van der Waals surface area contributed by atoms with Gasteiger partial charge in [0.15, 0.2) is 6.10 Å². The van der Waals surface area contributed by atoms with Gasteiger partial charge < -0.3 is 27.9 Å². The number of nitrogens with zero attached hydrogens (tertiary/aromatic N) is 1. The van der Waals surface area contributed by atoms with Gasteiger partial charge >= 0.3 is 5.97 Å². The molecule has 0 saturated carbocycles. The first-order valence-corrected chi connectivity index (χ1v) is 21.4. The highest BCUT2D eigenvalue weighted by Gasteiger charge is 2.20. The second kappa shape index (κ2) is 33.2. The second-order valence-electron chi connectivity index (χ2n) is 14.7. The SMILES string of the molecule is CCCCCCCCCCCCCCCC/C=C/OC[C@@H](COP(=O)([O-])OCC[N+](C)(C)C)OC(=O)CCCCCCCCCCCC. The predicted octanol–water partition coefficient (Wildman–Crippen LogP) is 10.8. The molecule has 0 N–H and O–H groups in total. The van der Waals surface area contributed by atoms with E-state index in [4.69, 9.17) is 18.5 Å². The van der Waals surface area contributed by atoms with E-state index in [1.165, 1.54) is 128 Å². The van der Waals surface area contributed by atoms with Crippen LogP contribution in [0.4, 0.5) is 0 Å². The van der Waals surface area contributed by atoms with Gasteiger partial charge in [-0.05, 0) is 25.3 Å². The van der Waals surface area contributed by atoms with Crippen molar-refractivity contribution in [1.29, 1.82) is 0 Å². The molecule has 2 atom stereocenters. The van der Waals surface area contributed by atoms with Crippen LogP contribution >= 0.6 is 7.82 Å². The van der Waals surface area contributed by atoms with Gasteiger partial charge in [-0.15, -0.1) is 0 Å². The number of carbonyl (C=O) groups is 1. The number of phosphoric acid groups is 1. The fourth-order valence-electron chi connectivity index (χ4n) is 5.51. The minimum absolute atomic E-state index is 0.0198. The number of hydrogen-bond acceptors (Lipinski definition) is 7. The van der Waals surface area contributed by atoms with E-state index >= 15 is 0 Å². The molecule has 0 aromatic carbocycles. The average molecular weight is 704 g/mol. The quantitative estimate of drug-likeness (QED) is 0.0209. The van der Waals surface area contributed by atoms with Crippen molar-refractivity contribution in [3.8, 4) is 0 Å². The zero-order chi connectivity index (χ0) is 35.6. The van der Waals surface area contributed by atoms with E-state index in [2.05, 4.69) is 13.8 Å². The molecule has 8 nitrogen and oxygen atoms in total. The predicted molar refractivity (Wildman–Crippen MR) is 199 cm³/mol. The van der Waals surface area contributed by atoms with Crippen LogP contribution in [0.15, 0.2) is 12.3 Å². The number of phosphoric ester groups is 1. The summed E-state index contributed by atoms with van der Waals surface area (Å²) in [6.07, 6.45) is 34.6. The smallest absolute Gasteiger partial charge is 0.306 e.